The smallest absolute Gasteiger partial charge is 0.336 e. The summed E-state index contributed by atoms with van der Waals surface area (Å²) in [5, 5.41) is 15.4. The van der Waals surface area contributed by atoms with Crippen molar-refractivity contribution in [2.24, 2.45) is 0 Å². The Morgan fingerprint density at radius 2 is 2.14 bits per heavy atom. The molecular formula is C13H15N3O4S. The molecule has 1 aromatic carbocycles. The number of H-pyrrole nitrogens is 1. The monoisotopic (exact) mass is 309 g/mol. The lowest BCUT2D eigenvalue weighted by Gasteiger charge is -2.10. The molecule has 0 saturated carbocycles. The largest absolute Gasteiger partial charge is 0.478 e. The Morgan fingerprint density at radius 3 is 2.67 bits per heavy atom. The van der Waals surface area contributed by atoms with Crippen LogP contribution in [0.2, 0.25) is 0 Å². The molecule has 0 unspecified atom stereocenters. The summed E-state index contributed by atoms with van der Waals surface area (Å²) in [4.78, 5) is 11.1. The van der Waals surface area contributed by atoms with E-state index in [1.54, 1.807) is 6.92 Å². The van der Waals surface area contributed by atoms with Gasteiger partial charge < -0.3 is 5.11 Å². The standard InChI is InChI=1S/C13H15N3O4S/c1-3-9-4-5-10(6-11(9)13(17)18)21(19,20)16-12-8(2)7-14-15-12/h4-7H,3H2,1-2H3,(H,17,18)(H2,14,15,16). The van der Waals surface area contributed by atoms with Crippen LogP contribution in [0.25, 0.3) is 0 Å². The second-order valence-electron chi connectivity index (χ2n) is 4.51. The van der Waals surface area contributed by atoms with Crippen molar-refractivity contribution in [3.8, 4) is 0 Å². The molecule has 3 N–H and O–H groups in total. The van der Waals surface area contributed by atoms with Crippen molar-refractivity contribution in [3.05, 3.63) is 41.1 Å². The van der Waals surface area contributed by atoms with E-state index in [9.17, 15) is 13.2 Å². The molecule has 1 aromatic heterocycles. The maximum Gasteiger partial charge on any atom is 0.336 e. The number of aromatic nitrogens is 2. The number of carboxylic acids is 1. The second-order valence-corrected chi connectivity index (χ2v) is 6.19. The van der Waals surface area contributed by atoms with Gasteiger partial charge in [-0.05, 0) is 31.0 Å². The van der Waals surface area contributed by atoms with Crippen molar-refractivity contribution in [1.82, 2.24) is 10.2 Å². The number of rotatable bonds is 5. The molecule has 2 rings (SSSR count). The van der Waals surface area contributed by atoms with Gasteiger partial charge in [0.2, 0.25) is 0 Å². The van der Waals surface area contributed by atoms with Crippen LogP contribution in [-0.4, -0.2) is 29.7 Å². The number of carboxylic acid groups (broad SMARTS) is 1. The molecule has 0 bridgehead atoms. The molecule has 8 heteroatoms. The Kier molecular flexibility index (Phi) is 3.99. The van der Waals surface area contributed by atoms with E-state index in [-0.39, 0.29) is 16.3 Å². The third-order valence-corrected chi connectivity index (χ3v) is 4.42. The van der Waals surface area contributed by atoms with Crippen molar-refractivity contribution in [2.75, 3.05) is 4.72 Å². The van der Waals surface area contributed by atoms with Crippen molar-refractivity contribution >= 4 is 21.8 Å². The number of anilines is 1. The van der Waals surface area contributed by atoms with Crippen LogP contribution in [0.3, 0.4) is 0 Å². The number of nitrogens with one attached hydrogen (secondary N) is 2. The number of hydrogen-bond donors (Lipinski definition) is 3. The number of benzene rings is 1. The zero-order valence-electron chi connectivity index (χ0n) is 11.5. The average molecular weight is 309 g/mol. The molecule has 0 aliphatic carbocycles. The first-order chi connectivity index (χ1) is 9.85. The molecule has 112 valence electrons. The van der Waals surface area contributed by atoms with E-state index in [2.05, 4.69) is 14.9 Å². The van der Waals surface area contributed by atoms with Gasteiger partial charge in [-0.2, -0.15) is 5.10 Å². The number of aryl methyl sites for hydroxylation is 2. The van der Waals surface area contributed by atoms with Crippen LogP contribution in [0.5, 0.6) is 0 Å². The Morgan fingerprint density at radius 1 is 1.43 bits per heavy atom. The molecule has 0 aliphatic heterocycles. The zero-order valence-corrected chi connectivity index (χ0v) is 12.4. The fourth-order valence-corrected chi connectivity index (χ4v) is 2.99. The first-order valence-corrected chi connectivity index (χ1v) is 7.72. The van der Waals surface area contributed by atoms with Gasteiger partial charge in [0.25, 0.3) is 10.0 Å². The van der Waals surface area contributed by atoms with E-state index in [1.807, 2.05) is 6.92 Å². The van der Waals surface area contributed by atoms with Crippen LogP contribution < -0.4 is 4.72 Å². The third kappa shape index (κ3) is 3.05. The minimum atomic E-state index is -3.87. The number of hydrogen-bond acceptors (Lipinski definition) is 4. The van der Waals surface area contributed by atoms with E-state index in [4.69, 9.17) is 5.11 Å². The summed E-state index contributed by atoms with van der Waals surface area (Å²) in [5.74, 6) is -0.895. The molecule has 0 aliphatic rings. The summed E-state index contributed by atoms with van der Waals surface area (Å²) >= 11 is 0. The number of carbonyl (C=O) groups is 1. The van der Waals surface area contributed by atoms with E-state index in [1.165, 1.54) is 18.3 Å². The van der Waals surface area contributed by atoms with Gasteiger partial charge in [0.1, 0.15) is 5.82 Å². The number of aromatic carboxylic acids is 1. The Balaban J connectivity index is 2.43. The second kappa shape index (κ2) is 5.57. The van der Waals surface area contributed by atoms with Gasteiger partial charge in [-0.1, -0.05) is 13.0 Å². The average Bonchev–Trinajstić information content (AvgIpc) is 2.82. The normalized spacial score (nSPS) is 11.3. The fraction of sp³-hybridized carbons (Fsp3) is 0.231. The van der Waals surface area contributed by atoms with Crippen molar-refractivity contribution in [1.29, 1.82) is 0 Å². The summed E-state index contributed by atoms with van der Waals surface area (Å²) in [6.07, 6.45) is 2.00. The minimum absolute atomic E-state index is 0.0123. The lowest BCUT2D eigenvalue weighted by Crippen LogP contribution is -2.15. The molecule has 7 nitrogen and oxygen atoms in total. The number of sulfonamides is 1. The van der Waals surface area contributed by atoms with Crippen LogP contribution in [0, 0.1) is 6.92 Å². The third-order valence-electron chi connectivity index (χ3n) is 3.07. The van der Waals surface area contributed by atoms with E-state index >= 15 is 0 Å². The highest BCUT2D eigenvalue weighted by Crippen LogP contribution is 2.20. The predicted molar refractivity (Wildman–Crippen MR) is 76.9 cm³/mol. The van der Waals surface area contributed by atoms with Gasteiger partial charge in [-0.15, -0.1) is 0 Å². The summed E-state index contributed by atoms with van der Waals surface area (Å²) in [6.45, 7) is 3.51. The lowest BCUT2D eigenvalue weighted by atomic mass is 10.1. The van der Waals surface area contributed by atoms with Crippen LogP contribution in [0.4, 0.5) is 5.82 Å². The van der Waals surface area contributed by atoms with Crippen LogP contribution in [0.1, 0.15) is 28.4 Å². The molecule has 1 heterocycles. The van der Waals surface area contributed by atoms with Crippen molar-refractivity contribution in [3.63, 3.8) is 0 Å². The van der Waals surface area contributed by atoms with Gasteiger partial charge in [-0.25, -0.2) is 13.2 Å². The molecule has 0 saturated heterocycles. The highest BCUT2D eigenvalue weighted by atomic mass is 32.2. The summed E-state index contributed by atoms with van der Waals surface area (Å²) < 4.78 is 26.9. The van der Waals surface area contributed by atoms with Gasteiger partial charge in [0.05, 0.1) is 16.7 Å². The summed E-state index contributed by atoms with van der Waals surface area (Å²) in [6, 6.07) is 4.06. The first-order valence-electron chi connectivity index (χ1n) is 6.24. The fourth-order valence-electron chi connectivity index (χ4n) is 1.87. The first kappa shape index (κ1) is 15.0. The highest BCUT2D eigenvalue weighted by molar-refractivity contribution is 7.92. The molecular weight excluding hydrogens is 294 g/mol. The molecule has 2 aromatic rings. The molecule has 21 heavy (non-hydrogen) atoms. The zero-order chi connectivity index (χ0) is 15.6. The summed E-state index contributed by atoms with van der Waals surface area (Å²) in [7, 11) is -3.87. The van der Waals surface area contributed by atoms with Crippen LogP contribution >= 0.6 is 0 Å². The Hall–Kier alpha value is -2.35. The number of nitrogens with zero attached hydrogens (tertiary/aromatic N) is 1. The highest BCUT2D eigenvalue weighted by Gasteiger charge is 2.19. The molecule has 0 radical (unpaired) electrons. The van der Waals surface area contributed by atoms with Crippen molar-refractivity contribution in [2.45, 2.75) is 25.2 Å². The van der Waals surface area contributed by atoms with Gasteiger partial charge in [0, 0.05) is 5.56 Å². The Bertz CT molecular complexity index is 780. The van der Waals surface area contributed by atoms with Gasteiger partial charge >= 0.3 is 5.97 Å². The van der Waals surface area contributed by atoms with E-state index in [0.29, 0.717) is 17.5 Å². The minimum Gasteiger partial charge on any atom is -0.478 e. The van der Waals surface area contributed by atoms with E-state index in [0.717, 1.165) is 6.07 Å². The molecule has 0 atom stereocenters. The van der Waals surface area contributed by atoms with Crippen LogP contribution in [0.15, 0.2) is 29.3 Å². The van der Waals surface area contributed by atoms with Crippen LogP contribution in [-0.2, 0) is 16.4 Å². The molecule has 0 fully saturated rings. The topological polar surface area (TPSA) is 112 Å². The Labute approximate surface area is 122 Å². The molecule has 0 spiro atoms. The summed E-state index contributed by atoms with van der Waals surface area (Å²) in [5.41, 5.74) is 1.21. The van der Waals surface area contributed by atoms with Gasteiger partial charge in [-0.3, -0.25) is 9.82 Å². The lowest BCUT2D eigenvalue weighted by molar-refractivity contribution is 0.0695. The molecule has 0 amide bonds. The predicted octanol–water partition coefficient (Wildman–Crippen LogP) is 1.78. The SMILES string of the molecule is CCc1ccc(S(=O)(=O)Nc2[nH]ncc2C)cc1C(=O)O. The maximum absolute atomic E-state index is 12.3. The number of aromatic amines is 1. The van der Waals surface area contributed by atoms with Crippen molar-refractivity contribution < 1.29 is 18.3 Å². The van der Waals surface area contributed by atoms with E-state index < -0.39 is 16.0 Å². The quantitative estimate of drug-likeness (QED) is 0.779. The maximum atomic E-state index is 12.3. The van der Waals surface area contributed by atoms with Gasteiger partial charge in [0.15, 0.2) is 0 Å².